The number of anilines is 1. The fraction of sp³-hybridized carbons (Fsp3) is 0.200. The number of rotatable bonds is 4. The molecule has 4 heteroatoms. The van der Waals surface area contributed by atoms with Crippen molar-refractivity contribution in [3.63, 3.8) is 0 Å². The molecule has 2 aromatic rings. The van der Waals surface area contributed by atoms with Crippen molar-refractivity contribution in [3.8, 4) is 0 Å². The smallest absolute Gasteiger partial charge is 0.340 e. The Morgan fingerprint density at radius 1 is 1.32 bits per heavy atom. The van der Waals surface area contributed by atoms with Crippen molar-refractivity contribution in [1.82, 2.24) is 4.98 Å². The summed E-state index contributed by atoms with van der Waals surface area (Å²) in [6.07, 6.45) is 2.31. The Morgan fingerprint density at radius 2 is 2.16 bits per heavy atom. The molecule has 2 rings (SSSR count). The van der Waals surface area contributed by atoms with Gasteiger partial charge in [-0.2, -0.15) is 0 Å². The minimum atomic E-state index is -0.392. The second-order valence-electron chi connectivity index (χ2n) is 4.30. The van der Waals surface area contributed by atoms with Crippen LogP contribution in [0.3, 0.4) is 0 Å². The van der Waals surface area contributed by atoms with E-state index in [0.29, 0.717) is 24.3 Å². The Morgan fingerprint density at radius 3 is 2.89 bits per heavy atom. The molecule has 0 aliphatic carbocycles. The number of benzene rings is 1. The number of carbonyl (C=O) groups is 1. The van der Waals surface area contributed by atoms with E-state index in [9.17, 15) is 4.79 Å². The van der Waals surface area contributed by atoms with Crippen LogP contribution in [0.4, 0.5) is 5.69 Å². The molecule has 1 aromatic heterocycles. The standard InChI is InChI=1S/C15H16N2O2/c1-11-5-6-14(16)13(10-11)15(18)19-9-7-12-4-2-3-8-17-12/h2-6,8,10H,7,9,16H2,1H3. The first kappa shape index (κ1) is 13.1. The molecule has 0 amide bonds. The number of carbonyl (C=O) groups excluding carboxylic acids is 1. The van der Waals surface area contributed by atoms with Gasteiger partial charge in [0.1, 0.15) is 0 Å². The largest absolute Gasteiger partial charge is 0.462 e. The minimum absolute atomic E-state index is 0.295. The van der Waals surface area contributed by atoms with Crippen LogP contribution < -0.4 is 5.73 Å². The van der Waals surface area contributed by atoms with Crippen LogP contribution in [-0.4, -0.2) is 17.6 Å². The molecule has 0 atom stereocenters. The van der Waals surface area contributed by atoms with Gasteiger partial charge in [-0.05, 0) is 31.2 Å². The Balaban J connectivity index is 1.93. The molecule has 0 radical (unpaired) electrons. The lowest BCUT2D eigenvalue weighted by molar-refractivity contribution is 0.0509. The molecule has 1 heterocycles. The van der Waals surface area contributed by atoms with Crippen molar-refractivity contribution in [3.05, 3.63) is 59.4 Å². The van der Waals surface area contributed by atoms with Gasteiger partial charge in [0.2, 0.25) is 0 Å². The van der Waals surface area contributed by atoms with Gasteiger partial charge in [-0.3, -0.25) is 4.98 Å². The Kier molecular flexibility index (Phi) is 4.13. The van der Waals surface area contributed by atoms with Gasteiger partial charge in [0.25, 0.3) is 0 Å². The first-order valence-corrected chi connectivity index (χ1v) is 6.10. The topological polar surface area (TPSA) is 65.2 Å². The Hall–Kier alpha value is -2.36. The van der Waals surface area contributed by atoms with Gasteiger partial charge in [0, 0.05) is 24.0 Å². The van der Waals surface area contributed by atoms with E-state index in [0.717, 1.165) is 11.3 Å². The van der Waals surface area contributed by atoms with E-state index in [-0.39, 0.29) is 0 Å². The summed E-state index contributed by atoms with van der Waals surface area (Å²) in [4.78, 5) is 16.0. The molecular weight excluding hydrogens is 240 g/mol. The van der Waals surface area contributed by atoms with Gasteiger partial charge in [-0.15, -0.1) is 0 Å². The molecule has 0 saturated heterocycles. The molecule has 0 fully saturated rings. The second-order valence-corrected chi connectivity index (χ2v) is 4.30. The predicted octanol–water partition coefficient (Wildman–Crippen LogP) is 2.37. The molecule has 98 valence electrons. The zero-order chi connectivity index (χ0) is 13.7. The number of nitrogens with zero attached hydrogens (tertiary/aromatic N) is 1. The van der Waals surface area contributed by atoms with Gasteiger partial charge in [0.15, 0.2) is 0 Å². The monoisotopic (exact) mass is 256 g/mol. The summed E-state index contributed by atoms with van der Waals surface area (Å²) in [5.41, 5.74) is 8.49. The molecule has 0 spiro atoms. The maximum Gasteiger partial charge on any atom is 0.340 e. The van der Waals surface area contributed by atoms with Crippen LogP contribution in [0, 0.1) is 6.92 Å². The third-order valence-corrected chi connectivity index (χ3v) is 2.75. The number of pyridine rings is 1. The lowest BCUT2D eigenvalue weighted by Gasteiger charge is -2.07. The molecule has 2 N–H and O–H groups in total. The van der Waals surface area contributed by atoms with Crippen molar-refractivity contribution in [2.75, 3.05) is 12.3 Å². The first-order valence-electron chi connectivity index (χ1n) is 6.10. The summed E-state index contributed by atoms with van der Waals surface area (Å²) in [5.74, 6) is -0.392. The SMILES string of the molecule is Cc1ccc(N)c(C(=O)OCCc2ccccn2)c1. The number of aryl methyl sites for hydroxylation is 1. The maximum absolute atomic E-state index is 11.9. The Bertz CT molecular complexity index is 568. The van der Waals surface area contributed by atoms with E-state index in [4.69, 9.17) is 10.5 Å². The normalized spacial score (nSPS) is 10.2. The molecule has 4 nitrogen and oxygen atoms in total. The lowest BCUT2D eigenvalue weighted by atomic mass is 10.1. The van der Waals surface area contributed by atoms with Crippen LogP contribution in [0.25, 0.3) is 0 Å². The summed E-state index contributed by atoms with van der Waals surface area (Å²) in [6, 6.07) is 11.0. The highest BCUT2D eigenvalue weighted by Crippen LogP contribution is 2.15. The number of nitrogen functional groups attached to an aromatic ring is 1. The molecular formula is C15H16N2O2. The summed E-state index contributed by atoms with van der Waals surface area (Å²) in [6.45, 7) is 2.20. The third kappa shape index (κ3) is 3.55. The highest BCUT2D eigenvalue weighted by Gasteiger charge is 2.11. The zero-order valence-electron chi connectivity index (χ0n) is 10.8. The molecule has 0 aliphatic rings. The number of esters is 1. The molecule has 0 bridgehead atoms. The van der Waals surface area contributed by atoms with E-state index < -0.39 is 5.97 Å². The van der Waals surface area contributed by atoms with Crippen LogP contribution in [0.5, 0.6) is 0 Å². The van der Waals surface area contributed by atoms with Crippen LogP contribution in [0.15, 0.2) is 42.6 Å². The van der Waals surface area contributed by atoms with E-state index in [2.05, 4.69) is 4.98 Å². The number of nitrogens with two attached hydrogens (primary N) is 1. The van der Waals surface area contributed by atoms with Crippen LogP contribution in [-0.2, 0) is 11.2 Å². The van der Waals surface area contributed by atoms with Crippen LogP contribution in [0.2, 0.25) is 0 Å². The van der Waals surface area contributed by atoms with Gasteiger partial charge in [0.05, 0.1) is 12.2 Å². The fourth-order valence-corrected chi connectivity index (χ4v) is 1.72. The summed E-state index contributed by atoms with van der Waals surface area (Å²) in [7, 11) is 0. The average Bonchev–Trinajstić information content (AvgIpc) is 2.42. The number of hydrogen-bond acceptors (Lipinski definition) is 4. The van der Waals surface area contributed by atoms with E-state index in [1.54, 1.807) is 18.3 Å². The number of ether oxygens (including phenoxy) is 1. The lowest BCUT2D eigenvalue weighted by Crippen LogP contribution is -2.11. The number of aromatic nitrogens is 1. The van der Waals surface area contributed by atoms with Gasteiger partial charge >= 0.3 is 5.97 Å². The molecule has 0 aliphatic heterocycles. The third-order valence-electron chi connectivity index (χ3n) is 2.75. The molecule has 0 saturated carbocycles. The van der Waals surface area contributed by atoms with E-state index >= 15 is 0 Å². The van der Waals surface area contributed by atoms with Gasteiger partial charge < -0.3 is 10.5 Å². The highest BCUT2D eigenvalue weighted by atomic mass is 16.5. The van der Waals surface area contributed by atoms with Crippen LogP contribution in [0.1, 0.15) is 21.6 Å². The highest BCUT2D eigenvalue weighted by molar-refractivity contribution is 5.95. The van der Waals surface area contributed by atoms with Crippen molar-refractivity contribution in [1.29, 1.82) is 0 Å². The maximum atomic E-state index is 11.9. The summed E-state index contributed by atoms with van der Waals surface area (Å²) >= 11 is 0. The number of hydrogen-bond donors (Lipinski definition) is 1. The van der Waals surface area contributed by atoms with Gasteiger partial charge in [-0.25, -0.2) is 4.79 Å². The van der Waals surface area contributed by atoms with E-state index in [1.807, 2.05) is 31.2 Å². The quantitative estimate of drug-likeness (QED) is 0.673. The van der Waals surface area contributed by atoms with Crippen molar-refractivity contribution >= 4 is 11.7 Å². The fourth-order valence-electron chi connectivity index (χ4n) is 1.72. The minimum Gasteiger partial charge on any atom is -0.462 e. The average molecular weight is 256 g/mol. The zero-order valence-corrected chi connectivity index (χ0v) is 10.8. The molecule has 19 heavy (non-hydrogen) atoms. The predicted molar refractivity (Wildman–Crippen MR) is 73.8 cm³/mol. The summed E-state index contributed by atoms with van der Waals surface area (Å²) in [5, 5.41) is 0. The summed E-state index contributed by atoms with van der Waals surface area (Å²) < 4.78 is 5.21. The van der Waals surface area contributed by atoms with Crippen molar-refractivity contribution < 1.29 is 9.53 Å². The van der Waals surface area contributed by atoms with Gasteiger partial charge in [-0.1, -0.05) is 17.7 Å². The van der Waals surface area contributed by atoms with Crippen molar-refractivity contribution in [2.45, 2.75) is 13.3 Å². The van der Waals surface area contributed by atoms with E-state index in [1.165, 1.54) is 0 Å². The molecule has 0 unspecified atom stereocenters. The second kappa shape index (κ2) is 6.00. The molecule has 1 aromatic carbocycles. The first-order chi connectivity index (χ1) is 9.16. The Labute approximate surface area is 112 Å². The van der Waals surface area contributed by atoms with Crippen molar-refractivity contribution in [2.24, 2.45) is 0 Å². The van der Waals surface area contributed by atoms with Crippen LogP contribution >= 0.6 is 0 Å².